The van der Waals surface area contributed by atoms with Crippen molar-refractivity contribution in [2.45, 2.75) is 11.8 Å². The number of nitrogens with one attached hydrogen (secondary N) is 1. The molecule has 0 aliphatic heterocycles. The molecule has 1 N–H and O–H groups in total. The number of methoxy groups -OCH3 is 1. The highest BCUT2D eigenvalue weighted by Crippen LogP contribution is 2.22. The van der Waals surface area contributed by atoms with Crippen LogP contribution < -0.4 is 10.1 Å². The Labute approximate surface area is 164 Å². The van der Waals surface area contributed by atoms with Gasteiger partial charge in [0.1, 0.15) is 5.75 Å². The summed E-state index contributed by atoms with van der Waals surface area (Å²) in [6, 6.07) is 27.9. The minimum absolute atomic E-state index is 0.0335. The fourth-order valence-electron chi connectivity index (χ4n) is 2.84. The normalized spacial score (nSPS) is 10.6. The van der Waals surface area contributed by atoms with Gasteiger partial charge in [-0.05, 0) is 28.8 Å². The lowest BCUT2D eigenvalue weighted by Crippen LogP contribution is -2.30. The standard InChI is InChI=1S/C23H23NO2S/c1-26-21-14-12-18(13-15-21)16-27-17-22(25)24-23(19-8-4-2-5-9-19)20-10-6-3-7-11-20/h2-15,23H,16-17H2,1H3,(H,24,25). The van der Waals surface area contributed by atoms with E-state index in [1.165, 1.54) is 5.56 Å². The fraction of sp³-hybridized carbons (Fsp3) is 0.174. The summed E-state index contributed by atoms with van der Waals surface area (Å²) in [5, 5.41) is 3.17. The fourth-order valence-corrected chi connectivity index (χ4v) is 3.64. The second-order valence-corrected chi connectivity index (χ2v) is 7.15. The van der Waals surface area contributed by atoms with Gasteiger partial charge < -0.3 is 10.1 Å². The molecule has 0 saturated carbocycles. The first-order chi connectivity index (χ1) is 13.3. The second-order valence-electron chi connectivity index (χ2n) is 6.16. The van der Waals surface area contributed by atoms with E-state index in [1.54, 1.807) is 18.9 Å². The summed E-state index contributed by atoms with van der Waals surface area (Å²) < 4.78 is 5.17. The van der Waals surface area contributed by atoms with E-state index in [2.05, 4.69) is 5.32 Å². The molecule has 0 aliphatic rings. The van der Waals surface area contributed by atoms with E-state index in [4.69, 9.17) is 4.74 Å². The molecule has 0 unspecified atom stereocenters. The third-order valence-corrected chi connectivity index (χ3v) is 5.24. The molecule has 3 aromatic carbocycles. The van der Waals surface area contributed by atoms with E-state index in [9.17, 15) is 4.79 Å². The molecule has 0 atom stereocenters. The highest BCUT2D eigenvalue weighted by Gasteiger charge is 2.16. The summed E-state index contributed by atoms with van der Waals surface area (Å²) >= 11 is 1.61. The zero-order chi connectivity index (χ0) is 18.9. The zero-order valence-electron chi connectivity index (χ0n) is 15.3. The Kier molecular flexibility index (Phi) is 6.94. The number of ether oxygens (including phenoxy) is 1. The van der Waals surface area contributed by atoms with Crippen molar-refractivity contribution in [2.24, 2.45) is 0 Å². The van der Waals surface area contributed by atoms with Crippen LogP contribution in [-0.2, 0) is 10.5 Å². The predicted molar refractivity (Wildman–Crippen MR) is 112 cm³/mol. The average Bonchev–Trinajstić information content (AvgIpc) is 2.74. The predicted octanol–water partition coefficient (Wildman–Crippen LogP) is 4.83. The van der Waals surface area contributed by atoms with Crippen molar-refractivity contribution in [3.8, 4) is 5.75 Å². The van der Waals surface area contributed by atoms with Gasteiger partial charge in [-0.3, -0.25) is 4.79 Å². The van der Waals surface area contributed by atoms with Crippen molar-refractivity contribution in [1.82, 2.24) is 5.32 Å². The van der Waals surface area contributed by atoms with Crippen LogP contribution in [0.25, 0.3) is 0 Å². The van der Waals surface area contributed by atoms with E-state index in [1.807, 2.05) is 84.9 Å². The van der Waals surface area contributed by atoms with E-state index in [0.29, 0.717) is 5.75 Å². The first-order valence-corrected chi connectivity index (χ1v) is 10.0. The lowest BCUT2D eigenvalue weighted by atomic mass is 9.99. The van der Waals surface area contributed by atoms with Gasteiger partial charge in [0, 0.05) is 5.75 Å². The maximum Gasteiger partial charge on any atom is 0.230 e. The molecule has 0 bridgehead atoms. The first-order valence-electron chi connectivity index (χ1n) is 8.86. The molecule has 3 rings (SSSR count). The highest BCUT2D eigenvalue weighted by molar-refractivity contribution is 7.99. The molecule has 0 saturated heterocycles. The summed E-state index contributed by atoms with van der Waals surface area (Å²) in [5.41, 5.74) is 3.34. The second kappa shape index (κ2) is 9.83. The van der Waals surface area contributed by atoms with Gasteiger partial charge in [0.2, 0.25) is 5.91 Å². The molecule has 27 heavy (non-hydrogen) atoms. The first kappa shape index (κ1) is 19.1. The van der Waals surface area contributed by atoms with Crippen molar-refractivity contribution in [3.63, 3.8) is 0 Å². The zero-order valence-corrected chi connectivity index (χ0v) is 16.1. The van der Waals surface area contributed by atoms with Crippen molar-refractivity contribution in [3.05, 3.63) is 102 Å². The van der Waals surface area contributed by atoms with Gasteiger partial charge in [0.25, 0.3) is 0 Å². The number of hydrogen-bond acceptors (Lipinski definition) is 3. The maximum absolute atomic E-state index is 12.5. The molecule has 0 aliphatic carbocycles. The summed E-state index contributed by atoms with van der Waals surface area (Å²) in [4.78, 5) is 12.5. The molecule has 0 aromatic heterocycles. The van der Waals surface area contributed by atoms with Gasteiger partial charge in [-0.1, -0.05) is 72.8 Å². The summed E-state index contributed by atoms with van der Waals surface area (Å²) in [5.74, 6) is 2.09. The lowest BCUT2D eigenvalue weighted by molar-refractivity contribution is -0.119. The minimum Gasteiger partial charge on any atom is -0.497 e. The SMILES string of the molecule is COc1ccc(CSCC(=O)NC(c2ccccc2)c2ccccc2)cc1. The number of rotatable bonds is 8. The molecule has 138 valence electrons. The number of carbonyl (C=O) groups is 1. The average molecular weight is 378 g/mol. The Hall–Kier alpha value is -2.72. The van der Waals surface area contributed by atoms with Crippen LogP contribution in [0.3, 0.4) is 0 Å². The van der Waals surface area contributed by atoms with Crippen molar-refractivity contribution in [2.75, 3.05) is 12.9 Å². The van der Waals surface area contributed by atoms with E-state index < -0.39 is 0 Å². The Morgan fingerprint density at radius 2 is 1.44 bits per heavy atom. The van der Waals surface area contributed by atoms with Crippen LogP contribution in [0.4, 0.5) is 0 Å². The molecule has 3 aromatic rings. The number of thioether (sulfide) groups is 1. The number of carbonyl (C=O) groups excluding carboxylic acids is 1. The molecule has 0 spiro atoms. The minimum atomic E-state index is -0.138. The Balaban J connectivity index is 1.59. The van der Waals surface area contributed by atoms with Crippen LogP contribution in [0, 0.1) is 0 Å². The lowest BCUT2D eigenvalue weighted by Gasteiger charge is -2.20. The summed E-state index contributed by atoms with van der Waals surface area (Å²) in [6.07, 6.45) is 0. The monoisotopic (exact) mass is 377 g/mol. The van der Waals surface area contributed by atoms with Gasteiger partial charge in [0.05, 0.1) is 18.9 Å². The Morgan fingerprint density at radius 3 is 1.96 bits per heavy atom. The van der Waals surface area contributed by atoms with E-state index in [-0.39, 0.29) is 11.9 Å². The van der Waals surface area contributed by atoms with E-state index in [0.717, 1.165) is 22.6 Å². The van der Waals surface area contributed by atoms with Crippen LogP contribution >= 0.6 is 11.8 Å². The highest BCUT2D eigenvalue weighted by atomic mass is 32.2. The van der Waals surface area contributed by atoms with Crippen molar-refractivity contribution < 1.29 is 9.53 Å². The van der Waals surface area contributed by atoms with Crippen LogP contribution in [0.15, 0.2) is 84.9 Å². The van der Waals surface area contributed by atoms with E-state index >= 15 is 0 Å². The molecule has 0 heterocycles. The van der Waals surface area contributed by atoms with Crippen molar-refractivity contribution >= 4 is 17.7 Å². The van der Waals surface area contributed by atoms with Gasteiger partial charge in [-0.2, -0.15) is 0 Å². The number of hydrogen-bond donors (Lipinski definition) is 1. The van der Waals surface area contributed by atoms with Gasteiger partial charge in [0.15, 0.2) is 0 Å². The largest absolute Gasteiger partial charge is 0.497 e. The smallest absolute Gasteiger partial charge is 0.230 e. The topological polar surface area (TPSA) is 38.3 Å². The molecule has 0 fully saturated rings. The molecule has 3 nitrogen and oxygen atoms in total. The summed E-state index contributed by atoms with van der Waals surface area (Å²) in [6.45, 7) is 0. The van der Waals surface area contributed by atoms with Crippen LogP contribution in [-0.4, -0.2) is 18.8 Å². The number of benzene rings is 3. The molecular weight excluding hydrogens is 354 g/mol. The molecule has 1 amide bonds. The third-order valence-electron chi connectivity index (χ3n) is 4.23. The van der Waals surface area contributed by atoms with Crippen LogP contribution in [0.2, 0.25) is 0 Å². The van der Waals surface area contributed by atoms with Crippen LogP contribution in [0.5, 0.6) is 5.75 Å². The van der Waals surface area contributed by atoms with Crippen molar-refractivity contribution in [1.29, 1.82) is 0 Å². The molecular formula is C23H23NO2S. The quantitative estimate of drug-likeness (QED) is 0.611. The maximum atomic E-state index is 12.5. The molecule has 4 heteroatoms. The third kappa shape index (κ3) is 5.63. The summed E-state index contributed by atoms with van der Waals surface area (Å²) in [7, 11) is 1.66. The van der Waals surface area contributed by atoms with Gasteiger partial charge in [-0.15, -0.1) is 11.8 Å². The Bertz CT molecular complexity index is 796. The van der Waals surface area contributed by atoms with Gasteiger partial charge in [-0.25, -0.2) is 0 Å². The van der Waals surface area contributed by atoms with Gasteiger partial charge >= 0.3 is 0 Å². The number of amides is 1. The van der Waals surface area contributed by atoms with Crippen LogP contribution in [0.1, 0.15) is 22.7 Å². The molecule has 0 radical (unpaired) electrons. The Morgan fingerprint density at radius 1 is 0.889 bits per heavy atom.